The fourth-order valence-electron chi connectivity index (χ4n) is 2.60. The number of fused-ring (bicyclic) bond motifs is 1. The summed E-state index contributed by atoms with van der Waals surface area (Å²) in [4.78, 5) is 40.2. The van der Waals surface area contributed by atoms with Gasteiger partial charge in [0.15, 0.2) is 10.9 Å². The minimum Gasteiger partial charge on any atom is -0.459 e. The first-order chi connectivity index (χ1) is 13.6. The lowest BCUT2D eigenvalue weighted by molar-refractivity contribution is -0.156. The number of nitrogens with two attached hydrogens (primary N) is 1. The number of aromatic nitrogens is 1. The predicted octanol–water partition coefficient (Wildman–Crippen LogP) is -0.230. The minimum absolute atomic E-state index is 0.0193. The first kappa shape index (κ1) is 20.6. The number of primary amides is 1. The maximum atomic E-state index is 12.1. The third-order valence-corrected chi connectivity index (χ3v) is 4.85. The van der Waals surface area contributed by atoms with Gasteiger partial charge in [-0.3, -0.25) is 19.9 Å². The SMILES string of the molecule is CC(C)(C)OC(=O)CN1N=C(C(N)=O)C2N=C(NC(=O)NCc3ccon3)SC21. The van der Waals surface area contributed by atoms with Gasteiger partial charge in [-0.25, -0.2) is 9.79 Å². The summed E-state index contributed by atoms with van der Waals surface area (Å²) in [5, 5.41) is 14.2. The molecule has 3 amide bonds. The summed E-state index contributed by atoms with van der Waals surface area (Å²) >= 11 is 1.16. The second kappa shape index (κ2) is 8.11. The number of aliphatic imine (C=N–C) groups is 1. The highest BCUT2D eigenvalue weighted by Crippen LogP contribution is 2.34. The molecule has 0 aromatic carbocycles. The number of carbonyl (C=O) groups excluding carboxylic acids is 3. The monoisotopic (exact) mass is 423 g/mol. The summed E-state index contributed by atoms with van der Waals surface area (Å²) < 4.78 is 9.99. The number of hydrogen-bond donors (Lipinski definition) is 3. The molecule has 12 nitrogen and oxygen atoms in total. The summed E-state index contributed by atoms with van der Waals surface area (Å²) in [6, 6.07) is 0.428. The summed E-state index contributed by atoms with van der Waals surface area (Å²) in [7, 11) is 0. The Morgan fingerprint density at radius 1 is 1.38 bits per heavy atom. The van der Waals surface area contributed by atoms with Gasteiger partial charge in [0.2, 0.25) is 0 Å². The van der Waals surface area contributed by atoms with Crippen LogP contribution in [0.2, 0.25) is 0 Å². The fourth-order valence-corrected chi connectivity index (χ4v) is 3.72. The number of amides is 3. The van der Waals surface area contributed by atoms with Crippen molar-refractivity contribution in [2.45, 2.75) is 44.3 Å². The first-order valence-electron chi connectivity index (χ1n) is 8.68. The molecular formula is C16H21N7O5S. The molecule has 0 aliphatic carbocycles. The Morgan fingerprint density at radius 3 is 2.76 bits per heavy atom. The van der Waals surface area contributed by atoms with Crippen LogP contribution in [0, 0.1) is 0 Å². The van der Waals surface area contributed by atoms with Crippen LogP contribution in [0.1, 0.15) is 26.5 Å². The molecule has 2 atom stereocenters. The van der Waals surface area contributed by atoms with E-state index < -0.39 is 34.9 Å². The highest BCUT2D eigenvalue weighted by Gasteiger charge is 2.46. The Labute approximate surface area is 170 Å². The molecule has 2 aliphatic rings. The summed E-state index contributed by atoms with van der Waals surface area (Å²) in [5.74, 6) is -1.24. The van der Waals surface area contributed by atoms with E-state index in [2.05, 4.69) is 30.4 Å². The van der Waals surface area contributed by atoms with Crippen LogP contribution in [0.5, 0.6) is 0 Å². The van der Waals surface area contributed by atoms with Gasteiger partial charge in [-0.15, -0.1) is 0 Å². The molecule has 0 saturated heterocycles. The van der Waals surface area contributed by atoms with E-state index in [9.17, 15) is 14.4 Å². The molecule has 4 N–H and O–H groups in total. The Bertz CT molecular complexity index is 862. The number of urea groups is 1. The lowest BCUT2D eigenvalue weighted by atomic mass is 10.2. The number of rotatable bonds is 5. The smallest absolute Gasteiger partial charge is 0.327 e. The topological polar surface area (TPSA) is 165 Å². The van der Waals surface area contributed by atoms with Crippen LogP contribution in [-0.4, -0.2) is 62.5 Å². The maximum Gasteiger partial charge on any atom is 0.327 e. The number of nitrogens with one attached hydrogen (secondary N) is 2. The van der Waals surface area contributed by atoms with E-state index in [1.165, 1.54) is 11.3 Å². The zero-order valence-corrected chi connectivity index (χ0v) is 16.9. The Balaban J connectivity index is 1.61. The molecule has 0 saturated carbocycles. The van der Waals surface area contributed by atoms with Crippen molar-refractivity contribution < 1.29 is 23.6 Å². The van der Waals surface area contributed by atoms with Gasteiger partial charge in [-0.05, 0) is 20.8 Å². The van der Waals surface area contributed by atoms with E-state index in [1.54, 1.807) is 26.8 Å². The predicted molar refractivity (Wildman–Crippen MR) is 104 cm³/mol. The highest BCUT2D eigenvalue weighted by molar-refractivity contribution is 8.14. The molecule has 0 bridgehead atoms. The lowest BCUT2D eigenvalue weighted by Crippen LogP contribution is -2.39. The fraction of sp³-hybridized carbons (Fsp3) is 0.500. The molecule has 1 aromatic heterocycles. The molecule has 0 radical (unpaired) electrons. The van der Waals surface area contributed by atoms with Crippen molar-refractivity contribution >= 4 is 40.5 Å². The Kier molecular flexibility index (Phi) is 5.77. The van der Waals surface area contributed by atoms with Gasteiger partial charge in [0.05, 0.1) is 6.54 Å². The van der Waals surface area contributed by atoms with E-state index in [-0.39, 0.29) is 24.0 Å². The van der Waals surface area contributed by atoms with Crippen LogP contribution >= 0.6 is 11.8 Å². The number of hydrogen-bond acceptors (Lipinski definition) is 10. The Hall–Kier alpha value is -3.09. The van der Waals surface area contributed by atoms with Crippen molar-refractivity contribution in [3.05, 3.63) is 18.0 Å². The van der Waals surface area contributed by atoms with Gasteiger partial charge in [-0.2, -0.15) is 5.10 Å². The maximum absolute atomic E-state index is 12.1. The van der Waals surface area contributed by atoms with E-state index >= 15 is 0 Å². The molecule has 156 valence electrons. The number of ether oxygens (including phenoxy) is 1. The van der Waals surface area contributed by atoms with Crippen LogP contribution in [0.15, 0.2) is 26.9 Å². The molecule has 2 aliphatic heterocycles. The molecular weight excluding hydrogens is 402 g/mol. The van der Waals surface area contributed by atoms with Crippen molar-refractivity contribution in [1.82, 2.24) is 20.8 Å². The number of carbonyl (C=O) groups is 3. The van der Waals surface area contributed by atoms with E-state index in [0.29, 0.717) is 5.69 Å². The van der Waals surface area contributed by atoms with E-state index in [4.69, 9.17) is 10.5 Å². The lowest BCUT2D eigenvalue weighted by Gasteiger charge is -2.24. The molecule has 0 spiro atoms. The first-order valence-corrected chi connectivity index (χ1v) is 9.56. The summed E-state index contributed by atoms with van der Waals surface area (Å²) in [6.45, 7) is 5.25. The highest BCUT2D eigenvalue weighted by atomic mass is 32.2. The molecule has 13 heteroatoms. The van der Waals surface area contributed by atoms with E-state index in [1.807, 2.05) is 0 Å². The van der Waals surface area contributed by atoms with Crippen molar-refractivity contribution in [2.75, 3.05) is 6.54 Å². The van der Waals surface area contributed by atoms with Crippen molar-refractivity contribution in [3.8, 4) is 0 Å². The largest absolute Gasteiger partial charge is 0.459 e. The molecule has 2 unspecified atom stereocenters. The minimum atomic E-state index is -0.743. The molecule has 3 rings (SSSR count). The second-order valence-electron chi connectivity index (χ2n) is 7.22. The quantitative estimate of drug-likeness (QED) is 0.546. The van der Waals surface area contributed by atoms with E-state index in [0.717, 1.165) is 11.8 Å². The van der Waals surface area contributed by atoms with Crippen molar-refractivity contribution in [2.24, 2.45) is 15.8 Å². The van der Waals surface area contributed by atoms with Crippen LogP contribution in [0.3, 0.4) is 0 Å². The van der Waals surface area contributed by atoms with Gasteiger partial charge in [0.25, 0.3) is 5.91 Å². The van der Waals surface area contributed by atoms with Crippen molar-refractivity contribution in [3.63, 3.8) is 0 Å². The van der Waals surface area contributed by atoms with Gasteiger partial charge in [0, 0.05) is 6.07 Å². The number of amidine groups is 1. The van der Waals surface area contributed by atoms with Crippen LogP contribution in [0.25, 0.3) is 0 Å². The van der Waals surface area contributed by atoms with Gasteiger partial charge in [0.1, 0.15) is 35.5 Å². The summed E-state index contributed by atoms with van der Waals surface area (Å²) in [6.07, 6.45) is 1.40. The molecule has 3 heterocycles. The van der Waals surface area contributed by atoms with Gasteiger partial charge in [-0.1, -0.05) is 16.9 Å². The molecule has 1 aromatic rings. The molecule has 29 heavy (non-hydrogen) atoms. The average molecular weight is 423 g/mol. The van der Waals surface area contributed by atoms with Crippen LogP contribution in [-0.2, 0) is 20.9 Å². The normalized spacial score (nSPS) is 20.6. The standard InChI is InChI=1S/C16H21N7O5S/c1-16(2,3)28-9(24)7-23-13-11(10(21-23)12(17)25)19-15(29-13)20-14(26)18-6-8-4-5-27-22-8/h4-5,11,13H,6-7H2,1-3H3,(H2,17,25)(H2,18,19,20,26). The van der Waals surface area contributed by atoms with Gasteiger partial charge >= 0.3 is 12.0 Å². The molecule has 0 fully saturated rings. The van der Waals surface area contributed by atoms with Gasteiger partial charge < -0.3 is 20.3 Å². The van der Waals surface area contributed by atoms with Crippen LogP contribution in [0.4, 0.5) is 4.79 Å². The number of thioether (sulfide) groups is 1. The number of hydrazone groups is 1. The third-order valence-electron chi connectivity index (χ3n) is 3.67. The zero-order valence-electron chi connectivity index (χ0n) is 16.0. The van der Waals surface area contributed by atoms with Crippen molar-refractivity contribution in [1.29, 1.82) is 0 Å². The second-order valence-corrected chi connectivity index (χ2v) is 8.32. The number of esters is 1. The third kappa shape index (κ3) is 5.25. The zero-order chi connectivity index (χ0) is 21.2. The van der Waals surface area contributed by atoms with Crippen LogP contribution < -0.4 is 16.4 Å². The number of nitrogens with zero attached hydrogens (tertiary/aromatic N) is 4. The summed E-state index contributed by atoms with van der Waals surface area (Å²) in [5.41, 5.74) is 5.32. The average Bonchev–Trinajstić information content (AvgIpc) is 3.29. The Morgan fingerprint density at radius 2 is 2.14 bits per heavy atom.